The van der Waals surface area contributed by atoms with E-state index in [2.05, 4.69) is 16.0 Å². The van der Waals surface area contributed by atoms with Crippen LogP contribution in [0, 0.1) is 0 Å². The van der Waals surface area contributed by atoms with Crippen LogP contribution in [0.5, 0.6) is 11.5 Å². The van der Waals surface area contributed by atoms with Gasteiger partial charge in [-0.3, -0.25) is 9.97 Å². The zero-order valence-corrected chi connectivity index (χ0v) is 19.3. The van der Waals surface area contributed by atoms with Crippen LogP contribution in [0.4, 0.5) is 0 Å². The second-order valence-corrected chi connectivity index (χ2v) is 9.27. The molecule has 2 saturated heterocycles. The summed E-state index contributed by atoms with van der Waals surface area (Å²) in [5.41, 5.74) is 3.20. The van der Waals surface area contributed by atoms with Crippen molar-refractivity contribution in [1.82, 2.24) is 9.97 Å². The Bertz CT molecular complexity index is 969. The van der Waals surface area contributed by atoms with Gasteiger partial charge >= 0.3 is 0 Å². The predicted molar refractivity (Wildman–Crippen MR) is 124 cm³/mol. The lowest BCUT2D eigenvalue weighted by Crippen LogP contribution is -2.34. The van der Waals surface area contributed by atoms with Crippen molar-refractivity contribution in [2.45, 2.75) is 62.4 Å². The van der Waals surface area contributed by atoms with Crippen molar-refractivity contribution in [3.05, 3.63) is 54.1 Å². The largest absolute Gasteiger partial charge is 0.506 e. The van der Waals surface area contributed by atoms with Gasteiger partial charge in [0, 0.05) is 37.3 Å². The van der Waals surface area contributed by atoms with Crippen molar-refractivity contribution in [3.8, 4) is 11.5 Å². The molecule has 4 heterocycles. The lowest BCUT2D eigenvalue weighted by molar-refractivity contribution is -0.178. The molecule has 0 unspecified atom stereocenters. The molecule has 0 aromatic carbocycles. The third-order valence-corrected chi connectivity index (χ3v) is 7.08. The molecule has 4 aliphatic rings. The highest BCUT2D eigenvalue weighted by atomic mass is 16.7. The first kappa shape index (κ1) is 23.2. The van der Waals surface area contributed by atoms with Crippen LogP contribution >= 0.6 is 0 Å². The lowest BCUT2D eigenvalue weighted by atomic mass is 9.83. The summed E-state index contributed by atoms with van der Waals surface area (Å²) in [4.78, 5) is 8.50. The molecule has 0 atom stereocenters. The smallest absolute Gasteiger partial charge is 0.172 e. The molecule has 8 heteroatoms. The Balaban J connectivity index is 0.000000142. The topological polar surface area (TPSA) is 103 Å². The molecule has 2 aromatic heterocycles. The molecule has 1 saturated carbocycles. The number of hydrogen-bond donors (Lipinski definition) is 2. The number of hydrogen-bond acceptors (Lipinski definition) is 8. The van der Waals surface area contributed by atoms with Gasteiger partial charge in [-0.2, -0.15) is 0 Å². The van der Waals surface area contributed by atoms with Crippen molar-refractivity contribution in [2.75, 3.05) is 26.4 Å². The van der Waals surface area contributed by atoms with Crippen molar-refractivity contribution in [1.29, 1.82) is 0 Å². The summed E-state index contributed by atoms with van der Waals surface area (Å²) in [5, 5.41) is 18.4. The fraction of sp³-hybridized carbons (Fsp3) is 0.538. The number of aromatic hydroxyl groups is 2. The highest BCUT2D eigenvalue weighted by Crippen LogP contribution is 2.42. The van der Waals surface area contributed by atoms with Gasteiger partial charge < -0.3 is 29.2 Å². The first-order valence-electron chi connectivity index (χ1n) is 12.1. The van der Waals surface area contributed by atoms with Gasteiger partial charge in [-0.25, -0.2) is 0 Å². The van der Waals surface area contributed by atoms with E-state index in [0.29, 0.717) is 19.1 Å². The van der Waals surface area contributed by atoms with Crippen molar-refractivity contribution in [2.24, 2.45) is 0 Å². The monoisotopic (exact) mass is 468 g/mol. The van der Waals surface area contributed by atoms with Crippen LogP contribution in [-0.2, 0) is 18.9 Å². The molecule has 0 bridgehead atoms. The third kappa shape index (κ3) is 5.25. The Morgan fingerprint density at radius 3 is 1.88 bits per heavy atom. The van der Waals surface area contributed by atoms with Crippen molar-refractivity contribution < 1.29 is 29.2 Å². The molecule has 34 heavy (non-hydrogen) atoms. The maximum atomic E-state index is 9.22. The standard InChI is InChI=1S/C13H17NO3.C13H15NO3/c2*15-11-1-2-12(14-9-11)10-3-5-13(6-4-10)16-7-8-17-13/h1-2,9-10,15H,3-8H2;1-3,9,15H,4-8H2. The van der Waals surface area contributed by atoms with Crippen LogP contribution < -0.4 is 0 Å². The van der Waals surface area contributed by atoms with Crippen LogP contribution in [-0.4, -0.2) is 58.2 Å². The van der Waals surface area contributed by atoms with E-state index >= 15 is 0 Å². The first-order chi connectivity index (χ1) is 16.5. The Hall–Kier alpha value is -2.52. The molecule has 8 nitrogen and oxygen atoms in total. The summed E-state index contributed by atoms with van der Waals surface area (Å²) in [6.45, 7) is 2.84. The molecule has 2 aliphatic heterocycles. The molecule has 2 N–H and O–H groups in total. The second-order valence-electron chi connectivity index (χ2n) is 9.27. The maximum absolute atomic E-state index is 9.22. The van der Waals surface area contributed by atoms with Crippen LogP contribution in [0.2, 0.25) is 0 Å². The molecule has 2 spiro atoms. The van der Waals surface area contributed by atoms with E-state index in [-0.39, 0.29) is 23.1 Å². The number of aromatic nitrogens is 2. The highest BCUT2D eigenvalue weighted by molar-refractivity contribution is 5.63. The minimum Gasteiger partial charge on any atom is -0.506 e. The van der Waals surface area contributed by atoms with E-state index in [9.17, 15) is 10.2 Å². The minimum atomic E-state index is -0.375. The van der Waals surface area contributed by atoms with Gasteiger partial charge in [0.05, 0.1) is 44.5 Å². The SMILES string of the molecule is Oc1ccc(C2=CCC3(CC2)OCCO3)nc1.Oc1ccc(C2CCC3(CC2)OCCO3)nc1. The quantitative estimate of drug-likeness (QED) is 0.673. The third-order valence-electron chi connectivity index (χ3n) is 7.08. The fourth-order valence-corrected chi connectivity index (χ4v) is 5.15. The lowest BCUT2D eigenvalue weighted by Gasteiger charge is -2.35. The molecule has 2 aliphatic carbocycles. The zero-order valence-electron chi connectivity index (χ0n) is 19.3. The summed E-state index contributed by atoms with van der Waals surface area (Å²) in [7, 11) is 0. The molecule has 3 fully saturated rings. The molecular weight excluding hydrogens is 436 g/mol. The highest BCUT2D eigenvalue weighted by Gasteiger charge is 2.41. The number of pyridine rings is 2. The Labute approximate surface area is 199 Å². The van der Waals surface area contributed by atoms with Gasteiger partial charge in [0.25, 0.3) is 0 Å². The molecular formula is C26H32N2O6. The molecule has 0 radical (unpaired) electrons. The van der Waals surface area contributed by atoms with Gasteiger partial charge in [0.2, 0.25) is 0 Å². The van der Waals surface area contributed by atoms with Crippen LogP contribution in [0.25, 0.3) is 5.57 Å². The van der Waals surface area contributed by atoms with Gasteiger partial charge in [-0.05, 0) is 49.1 Å². The predicted octanol–water partition coefficient (Wildman–Crippen LogP) is 4.29. The number of nitrogens with zero attached hydrogens (tertiary/aromatic N) is 2. The van der Waals surface area contributed by atoms with E-state index in [4.69, 9.17) is 18.9 Å². The van der Waals surface area contributed by atoms with E-state index < -0.39 is 0 Å². The van der Waals surface area contributed by atoms with Gasteiger partial charge in [-0.15, -0.1) is 0 Å². The summed E-state index contributed by atoms with van der Waals surface area (Å²) >= 11 is 0. The first-order valence-corrected chi connectivity index (χ1v) is 12.1. The maximum Gasteiger partial charge on any atom is 0.172 e. The van der Waals surface area contributed by atoms with Crippen LogP contribution in [0.15, 0.2) is 42.7 Å². The van der Waals surface area contributed by atoms with Crippen molar-refractivity contribution in [3.63, 3.8) is 0 Å². The normalized spacial score (nSPS) is 23.5. The van der Waals surface area contributed by atoms with Gasteiger partial charge in [0.15, 0.2) is 11.6 Å². The van der Waals surface area contributed by atoms with Crippen LogP contribution in [0.3, 0.4) is 0 Å². The van der Waals surface area contributed by atoms with Crippen molar-refractivity contribution >= 4 is 5.57 Å². The number of allylic oxidation sites excluding steroid dienone is 1. The molecule has 0 amide bonds. The molecule has 182 valence electrons. The number of rotatable bonds is 2. The molecule has 2 aromatic rings. The Morgan fingerprint density at radius 1 is 0.735 bits per heavy atom. The van der Waals surface area contributed by atoms with Gasteiger partial charge in [0.1, 0.15) is 11.5 Å². The van der Waals surface area contributed by atoms with E-state index in [1.54, 1.807) is 12.1 Å². The van der Waals surface area contributed by atoms with E-state index in [1.165, 1.54) is 18.0 Å². The van der Waals surface area contributed by atoms with Gasteiger partial charge in [-0.1, -0.05) is 6.08 Å². The summed E-state index contributed by atoms with van der Waals surface area (Å²) in [5.74, 6) is 0.218. The van der Waals surface area contributed by atoms with E-state index in [0.717, 1.165) is 69.5 Å². The number of ether oxygens (including phenoxy) is 4. The summed E-state index contributed by atoms with van der Waals surface area (Å²) < 4.78 is 22.7. The average Bonchev–Trinajstić information content (AvgIpc) is 3.52. The Morgan fingerprint density at radius 2 is 1.35 bits per heavy atom. The Kier molecular flexibility index (Phi) is 6.83. The fourth-order valence-electron chi connectivity index (χ4n) is 5.15. The summed E-state index contributed by atoms with van der Waals surface area (Å²) in [6.07, 6.45) is 11.7. The average molecular weight is 469 g/mol. The van der Waals surface area contributed by atoms with Crippen LogP contribution in [0.1, 0.15) is 62.3 Å². The minimum absolute atomic E-state index is 0.198. The molecule has 6 rings (SSSR count). The second kappa shape index (κ2) is 10.00. The van der Waals surface area contributed by atoms with E-state index in [1.807, 2.05) is 12.1 Å². The summed E-state index contributed by atoms with van der Waals surface area (Å²) in [6, 6.07) is 7.12. The zero-order chi connectivity index (χ0) is 23.4.